The smallest absolute Gasteiger partial charge is 0.322 e. The summed E-state index contributed by atoms with van der Waals surface area (Å²) in [5, 5.41) is 11.7. The highest BCUT2D eigenvalue weighted by Gasteiger charge is 2.35. The fraction of sp³-hybridized carbons (Fsp3) is 0.429. The van der Waals surface area contributed by atoms with Crippen LogP contribution in [0.2, 0.25) is 0 Å². The first-order chi connectivity index (χ1) is 10.0. The van der Waals surface area contributed by atoms with Crippen molar-refractivity contribution in [3.8, 4) is 0 Å². The Hall–Kier alpha value is -2.15. The molecule has 1 saturated heterocycles. The number of amides is 2. The lowest BCUT2D eigenvalue weighted by Gasteiger charge is -2.24. The standard InChI is InChI=1S/C14H17FN2O4/c1-2-17(10-5-3-9(15)4-6-10)14(20)16-12-8-21-7-11(12)13(18)19/h3-6,11-12H,2,7-8H2,1H3,(H,16,20)(H,18,19). The van der Waals surface area contributed by atoms with E-state index in [4.69, 9.17) is 9.84 Å². The van der Waals surface area contributed by atoms with Gasteiger partial charge in [0.2, 0.25) is 0 Å². The fourth-order valence-corrected chi connectivity index (χ4v) is 2.24. The molecule has 114 valence electrons. The topological polar surface area (TPSA) is 78.9 Å². The van der Waals surface area contributed by atoms with Crippen molar-refractivity contribution < 1.29 is 23.8 Å². The molecule has 2 N–H and O–H groups in total. The van der Waals surface area contributed by atoms with Crippen LogP contribution in [0, 0.1) is 11.7 Å². The predicted molar refractivity (Wildman–Crippen MR) is 73.7 cm³/mol. The van der Waals surface area contributed by atoms with E-state index in [2.05, 4.69) is 5.32 Å². The Labute approximate surface area is 121 Å². The van der Waals surface area contributed by atoms with Crippen LogP contribution in [-0.4, -0.2) is 42.9 Å². The molecule has 2 rings (SSSR count). The minimum absolute atomic E-state index is 0.0863. The molecule has 1 aliphatic heterocycles. The second kappa shape index (κ2) is 6.53. The van der Waals surface area contributed by atoms with Crippen LogP contribution in [0.3, 0.4) is 0 Å². The number of aliphatic carboxylic acids is 1. The zero-order valence-electron chi connectivity index (χ0n) is 11.6. The zero-order chi connectivity index (χ0) is 15.4. The van der Waals surface area contributed by atoms with Crippen LogP contribution in [0.4, 0.5) is 14.9 Å². The molecule has 2 unspecified atom stereocenters. The number of ether oxygens (including phenoxy) is 1. The van der Waals surface area contributed by atoms with Crippen LogP contribution in [0.1, 0.15) is 6.92 Å². The third-order valence-corrected chi connectivity index (χ3v) is 3.41. The molecule has 1 fully saturated rings. The van der Waals surface area contributed by atoms with Gasteiger partial charge in [-0.05, 0) is 31.2 Å². The lowest BCUT2D eigenvalue weighted by Crippen LogP contribution is -2.49. The van der Waals surface area contributed by atoms with Crippen LogP contribution in [0.15, 0.2) is 24.3 Å². The molecule has 21 heavy (non-hydrogen) atoms. The summed E-state index contributed by atoms with van der Waals surface area (Å²) < 4.78 is 18.0. The number of hydrogen-bond donors (Lipinski definition) is 2. The van der Waals surface area contributed by atoms with Crippen molar-refractivity contribution >= 4 is 17.7 Å². The van der Waals surface area contributed by atoms with E-state index in [1.807, 2.05) is 0 Å². The molecule has 2 atom stereocenters. The second-order valence-corrected chi connectivity index (χ2v) is 4.76. The maximum Gasteiger partial charge on any atom is 0.322 e. The van der Waals surface area contributed by atoms with E-state index in [0.29, 0.717) is 12.2 Å². The van der Waals surface area contributed by atoms with Gasteiger partial charge in [-0.15, -0.1) is 0 Å². The Morgan fingerprint density at radius 3 is 2.62 bits per heavy atom. The van der Waals surface area contributed by atoms with Crippen LogP contribution >= 0.6 is 0 Å². The number of benzene rings is 1. The first kappa shape index (κ1) is 15.2. The molecule has 0 bridgehead atoms. The molecule has 1 aromatic carbocycles. The van der Waals surface area contributed by atoms with E-state index < -0.39 is 24.0 Å². The summed E-state index contributed by atoms with van der Waals surface area (Å²) in [6, 6.07) is 4.54. The Morgan fingerprint density at radius 2 is 2.05 bits per heavy atom. The number of carboxylic acids is 1. The summed E-state index contributed by atoms with van der Waals surface area (Å²) in [5.41, 5.74) is 0.544. The van der Waals surface area contributed by atoms with Gasteiger partial charge in [0.15, 0.2) is 0 Å². The molecule has 1 aliphatic rings. The van der Waals surface area contributed by atoms with E-state index in [1.165, 1.54) is 29.2 Å². The monoisotopic (exact) mass is 296 g/mol. The maximum absolute atomic E-state index is 12.9. The lowest BCUT2D eigenvalue weighted by atomic mass is 10.0. The molecule has 0 aromatic heterocycles. The maximum atomic E-state index is 12.9. The summed E-state index contributed by atoms with van der Waals surface area (Å²) in [6.07, 6.45) is 0. The number of carbonyl (C=O) groups excluding carboxylic acids is 1. The van der Waals surface area contributed by atoms with E-state index in [0.717, 1.165) is 0 Å². The number of carboxylic acid groups (broad SMARTS) is 1. The highest BCUT2D eigenvalue weighted by molar-refractivity contribution is 5.92. The first-order valence-corrected chi connectivity index (χ1v) is 6.67. The Balaban J connectivity index is 2.06. The molecular weight excluding hydrogens is 279 g/mol. The van der Waals surface area contributed by atoms with Gasteiger partial charge in [-0.25, -0.2) is 9.18 Å². The SMILES string of the molecule is CCN(C(=O)NC1COCC1C(=O)O)c1ccc(F)cc1. The minimum atomic E-state index is -0.998. The minimum Gasteiger partial charge on any atom is -0.481 e. The molecule has 0 saturated carbocycles. The fourth-order valence-electron chi connectivity index (χ4n) is 2.24. The van der Waals surface area contributed by atoms with Gasteiger partial charge >= 0.3 is 12.0 Å². The van der Waals surface area contributed by atoms with Gasteiger partial charge in [0, 0.05) is 12.2 Å². The summed E-state index contributed by atoms with van der Waals surface area (Å²) >= 11 is 0. The van der Waals surface area contributed by atoms with Crippen LogP contribution < -0.4 is 10.2 Å². The summed E-state index contributed by atoms with van der Waals surface area (Å²) in [5.74, 6) is -2.13. The molecule has 2 amide bonds. The quantitative estimate of drug-likeness (QED) is 0.881. The van der Waals surface area contributed by atoms with Gasteiger partial charge in [-0.3, -0.25) is 9.69 Å². The highest BCUT2D eigenvalue weighted by Crippen LogP contribution is 2.17. The van der Waals surface area contributed by atoms with Crippen LogP contribution in [0.25, 0.3) is 0 Å². The van der Waals surface area contributed by atoms with Gasteiger partial charge in [-0.2, -0.15) is 0 Å². The number of nitrogens with zero attached hydrogens (tertiary/aromatic N) is 1. The molecule has 0 spiro atoms. The summed E-state index contributed by atoms with van der Waals surface area (Å²) in [7, 11) is 0. The number of carbonyl (C=O) groups is 2. The molecule has 1 aromatic rings. The van der Waals surface area contributed by atoms with Crippen molar-refractivity contribution in [2.75, 3.05) is 24.7 Å². The Morgan fingerprint density at radius 1 is 1.38 bits per heavy atom. The molecular formula is C14H17FN2O4. The van der Waals surface area contributed by atoms with Crippen molar-refractivity contribution in [2.45, 2.75) is 13.0 Å². The number of hydrogen-bond acceptors (Lipinski definition) is 3. The zero-order valence-corrected chi connectivity index (χ0v) is 11.6. The summed E-state index contributed by atoms with van der Waals surface area (Å²) in [6.45, 7) is 2.41. The number of halogens is 1. The van der Waals surface area contributed by atoms with Crippen LogP contribution in [-0.2, 0) is 9.53 Å². The highest BCUT2D eigenvalue weighted by atomic mass is 19.1. The third-order valence-electron chi connectivity index (χ3n) is 3.41. The molecule has 0 aliphatic carbocycles. The normalized spacial score (nSPS) is 21.0. The third kappa shape index (κ3) is 3.49. The number of anilines is 1. The number of urea groups is 1. The average Bonchev–Trinajstić information content (AvgIpc) is 2.90. The van der Waals surface area contributed by atoms with E-state index >= 15 is 0 Å². The molecule has 1 heterocycles. The molecule has 7 heteroatoms. The number of rotatable bonds is 4. The Bertz CT molecular complexity index is 520. The lowest BCUT2D eigenvalue weighted by molar-refractivity contribution is -0.142. The molecule has 0 radical (unpaired) electrons. The van der Waals surface area contributed by atoms with Crippen molar-refractivity contribution in [3.05, 3.63) is 30.1 Å². The van der Waals surface area contributed by atoms with Gasteiger partial charge < -0.3 is 15.2 Å². The van der Waals surface area contributed by atoms with Crippen LogP contribution in [0.5, 0.6) is 0 Å². The van der Waals surface area contributed by atoms with Crippen molar-refractivity contribution in [2.24, 2.45) is 5.92 Å². The second-order valence-electron chi connectivity index (χ2n) is 4.76. The van der Waals surface area contributed by atoms with Gasteiger partial charge in [0.05, 0.1) is 19.3 Å². The van der Waals surface area contributed by atoms with Gasteiger partial charge in [0.1, 0.15) is 11.7 Å². The molecule has 6 nitrogen and oxygen atoms in total. The van der Waals surface area contributed by atoms with Crippen molar-refractivity contribution in [3.63, 3.8) is 0 Å². The van der Waals surface area contributed by atoms with Crippen molar-refractivity contribution in [1.29, 1.82) is 0 Å². The largest absolute Gasteiger partial charge is 0.481 e. The number of nitrogens with one attached hydrogen (secondary N) is 1. The van der Waals surface area contributed by atoms with Gasteiger partial charge in [0.25, 0.3) is 0 Å². The average molecular weight is 296 g/mol. The van der Waals surface area contributed by atoms with Crippen molar-refractivity contribution in [1.82, 2.24) is 5.32 Å². The predicted octanol–water partition coefficient (Wildman–Crippen LogP) is 1.46. The summed E-state index contributed by atoms with van der Waals surface area (Å²) in [4.78, 5) is 24.7. The Kier molecular flexibility index (Phi) is 4.74. The van der Waals surface area contributed by atoms with E-state index in [-0.39, 0.29) is 19.0 Å². The van der Waals surface area contributed by atoms with Gasteiger partial charge in [-0.1, -0.05) is 0 Å². The van der Waals surface area contributed by atoms with E-state index in [9.17, 15) is 14.0 Å². The first-order valence-electron chi connectivity index (χ1n) is 6.67. The van der Waals surface area contributed by atoms with E-state index in [1.54, 1.807) is 6.92 Å².